The summed E-state index contributed by atoms with van der Waals surface area (Å²) >= 11 is 3.25. The summed E-state index contributed by atoms with van der Waals surface area (Å²) in [5, 5.41) is 0. The van der Waals surface area contributed by atoms with Gasteiger partial charge in [-0.1, -0.05) is 30.3 Å². The highest BCUT2D eigenvalue weighted by atomic mass is 79.9. The van der Waals surface area contributed by atoms with E-state index in [1.165, 1.54) is 12.1 Å². The topological polar surface area (TPSA) is 26.3 Å². The van der Waals surface area contributed by atoms with E-state index in [0.29, 0.717) is 23.1 Å². The van der Waals surface area contributed by atoms with Crippen LogP contribution in [0.1, 0.15) is 15.9 Å². The molecule has 0 fully saturated rings. The van der Waals surface area contributed by atoms with Crippen molar-refractivity contribution in [3.05, 3.63) is 63.9 Å². The Bertz CT molecular complexity index is 555. The van der Waals surface area contributed by atoms with E-state index in [-0.39, 0.29) is 5.56 Å². The first kappa shape index (κ1) is 12.8. The fourth-order valence-corrected chi connectivity index (χ4v) is 1.96. The van der Waals surface area contributed by atoms with Crippen molar-refractivity contribution in [3.63, 3.8) is 0 Å². The second kappa shape index (κ2) is 5.78. The summed E-state index contributed by atoms with van der Waals surface area (Å²) in [6.07, 6.45) is 0.473. The van der Waals surface area contributed by atoms with E-state index in [1.807, 2.05) is 30.3 Å². The first-order valence-electron chi connectivity index (χ1n) is 5.31. The van der Waals surface area contributed by atoms with E-state index >= 15 is 0 Å². The van der Waals surface area contributed by atoms with Crippen LogP contribution >= 0.6 is 15.9 Å². The maximum absolute atomic E-state index is 13.4. The lowest BCUT2D eigenvalue weighted by molar-refractivity contribution is 0.111. The molecule has 0 saturated heterocycles. The summed E-state index contributed by atoms with van der Waals surface area (Å²) in [5.41, 5.74) is 0.998. The van der Waals surface area contributed by atoms with Gasteiger partial charge in [0.1, 0.15) is 18.2 Å². The van der Waals surface area contributed by atoms with Crippen molar-refractivity contribution < 1.29 is 13.9 Å². The van der Waals surface area contributed by atoms with Crippen molar-refractivity contribution >= 4 is 22.2 Å². The Hall–Kier alpha value is -1.68. The largest absolute Gasteiger partial charge is 0.488 e. The third-order valence-electron chi connectivity index (χ3n) is 2.42. The lowest BCUT2D eigenvalue weighted by Gasteiger charge is -2.09. The van der Waals surface area contributed by atoms with Crippen LogP contribution in [0.2, 0.25) is 0 Å². The van der Waals surface area contributed by atoms with Crippen LogP contribution in [0.4, 0.5) is 4.39 Å². The van der Waals surface area contributed by atoms with Gasteiger partial charge in [0.25, 0.3) is 0 Å². The van der Waals surface area contributed by atoms with Gasteiger partial charge in [0, 0.05) is 6.07 Å². The summed E-state index contributed by atoms with van der Waals surface area (Å²) in [4.78, 5) is 10.6. The van der Waals surface area contributed by atoms with Crippen LogP contribution in [0.5, 0.6) is 5.75 Å². The van der Waals surface area contributed by atoms with Crippen LogP contribution in [-0.2, 0) is 6.61 Å². The number of carbonyl (C=O) groups excluding carboxylic acids is 1. The minimum atomic E-state index is -0.587. The number of halogens is 2. The van der Waals surface area contributed by atoms with E-state index in [0.717, 1.165) is 5.56 Å². The average molecular weight is 309 g/mol. The van der Waals surface area contributed by atoms with Crippen LogP contribution in [0.15, 0.2) is 46.9 Å². The maximum Gasteiger partial charge on any atom is 0.153 e. The van der Waals surface area contributed by atoms with Crippen LogP contribution < -0.4 is 4.74 Å². The molecule has 0 aliphatic carbocycles. The number of ether oxygens (including phenoxy) is 1. The Balaban J connectivity index is 2.15. The normalized spacial score (nSPS) is 10.1. The Morgan fingerprint density at radius 2 is 1.94 bits per heavy atom. The Kier molecular flexibility index (Phi) is 4.10. The van der Waals surface area contributed by atoms with Crippen molar-refractivity contribution in [1.29, 1.82) is 0 Å². The van der Waals surface area contributed by atoms with Gasteiger partial charge in [-0.25, -0.2) is 4.39 Å². The van der Waals surface area contributed by atoms with Gasteiger partial charge >= 0.3 is 0 Å². The molecule has 0 amide bonds. The van der Waals surface area contributed by atoms with E-state index < -0.39 is 5.82 Å². The summed E-state index contributed by atoms with van der Waals surface area (Å²) in [7, 11) is 0. The SMILES string of the molecule is O=Cc1cc(Br)c(OCc2ccccc2)cc1F. The zero-order chi connectivity index (χ0) is 13.0. The van der Waals surface area contributed by atoms with Crippen LogP contribution in [0.25, 0.3) is 0 Å². The first-order chi connectivity index (χ1) is 8.70. The van der Waals surface area contributed by atoms with Crippen molar-refractivity contribution in [2.75, 3.05) is 0 Å². The number of hydrogen-bond acceptors (Lipinski definition) is 2. The molecule has 0 aliphatic rings. The lowest BCUT2D eigenvalue weighted by atomic mass is 10.2. The zero-order valence-electron chi connectivity index (χ0n) is 9.40. The number of benzene rings is 2. The molecule has 18 heavy (non-hydrogen) atoms. The molecule has 0 atom stereocenters. The highest BCUT2D eigenvalue weighted by Gasteiger charge is 2.08. The molecule has 0 aliphatic heterocycles. The summed E-state index contributed by atoms with van der Waals surface area (Å²) < 4.78 is 19.5. The van der Waals surface area contributed by atoms with Crippen molar-refractivity contribution in [3.8, 4) is 5.75 Å². The van der Waals surface area contributed by atoms with Gasteiger partial charge in [0.2, 0.25) is 0 Å². The minimum Gasteiger partial charge on any atom is -0.488 e. The van der Waals surface area contributed by atoms with Gasteiger partial charge in [0.15, 0.2) is 6.29 Å². The van der Waals surface area contributed by atoms with Gasteiger partial charge in [-0.2, -0.15) is 0 Å². The molecule has 0 bridgehead atoms. The highest BCUT2D eigenvalue weighted by Crippen LogP contribution is 2.28. The van der Waals surface area contributed by atoms with E-state index in [4.69, 9.17) is 4.74 Å². The fourth-order valence-electron chi connectivity index (χ4n) is 1.48. The number of aldehydes is 1. The first-order valence-corrected chi connectivity index (χ1v) is 6.11. The molecule has 2 rings (SSSR count). The third-order valence-corrected chi connectivity index (χ3v) is 3.04. The molecule has 0 aromatic heterocycles. The molecule has 0 radical (unpaired) electrons. The van der Waals surface area contributed by atoms with Crippen molar-refractivity contribution in [1.82, 2.24) is 0 Å². The minimum absolute atomic E-state index is 0.00827. The monoisotopic (exact) mass is 308 g/mol. The second-order valence-electron chi connectivity index (χ2n) is 3.70. The average Bonchev–Trinajstić information content (AvgIpc) is 2.40. The Labute approximate surface area is 113 Å². The summed E-state index contributed by atoms with van der Waals surface area (Å²) in [6, 6.07) is 12.2. The van der Waals surface area contributed by atoms with E-state index in [9.17, 15) is 9.18 Å². The Morgan fingerprint density at radius 1 is 1.22 bits per heavy atom. The highest BCUT2D eigenvalue weighted by molar-refractivity contribution is 9.10. The van der Waals surface area contributed by atoms with Crippen LogP contribution in [0.3, 0.4) is 0 Å². The molecule has 4 heteroatoms. The van der Waals surface area contributed by atoms with E-state index in [2.05, 4.69) is 15.9 Å². The van der Waals surface area contributed by atoms with Crippen LogP contribution in [0, 0.1) is 5.82 Å². The smallest absolute Gasteiger partial charge is 0.153 e. The molecular weight excluding hydrogens is 299 g/mol. The second-order valence-corrected chi connectivity index (χ2v) is 4.55. The zero-order valence-corrected chi connectivity index (χ0v) is 11.0. The predicted molar refractivity (Wildman–Crippen MR) is 70.3 cm³/mol. The molecule has 92 valence electrons. The van der Waals surface area contributed by atoms with Gasteiger partial charge in [-0.3, -0.25) is 4.79 Å². The molecule has 2 nitrogen and oxygen atoms in total. The quantitative estimate of drug-likeness (QED) is 0.799. The fraction of sp³-hybridized carbons (Fsp3) is 0.0714. The number of rotatable bonds is 4. The Morgan fingerprint density at radius 3 is 2.61 bits per heavy atom. The standard InChI is InChI=1S/C14H10BrFO2/c15-12-6-11(8-17)13(16)7-14(12)18-9-10-4-2-1-3-5-10/h1-8H,9H2. The maximum atomic E-state index is 13.4. The van der Waals surface area contributed by atoms with Gasteiger partial charge in [-0.05, 0) is 27.6 Å². The van der Waals surface area contributed by atoms with Gasteiger partial charge in [-0.15, -0.1) is 0 Å². The molecule has 0 saturated carbocycles. The molecule has 0 heterocycles. The van der Waals surface area contributed by atoms with Crippen molar-refractivity contribution in [2.24, 2.45) is 0 Å². The van der Waals surface area contributed by atoms with Crippen LogP contribution in [-0.4, -0.2) is 6.29 Å². The molecule has 0 spiro atoms. The van der Waals surface area contributed by atoms with Crippen molar-refractivity contribution in [2.45, 2.75) is 6.61 Å². The molecule has 2 aromatic rings. The molecule has 0 unspecified atom stereocenters. The molecule has 0 N–H and O–H groups in total. The third kappa shape index (κ3) is 2.96. The van der Waals surface area contributed by atoms with Gasteiger partial charge in [0.05, 0.1) is 10.0 Å². The lowest BCUT2D eigenvalue weighted by Crippen LogP contribution is -1.98. The molecular formula is C14H10BrFO2. The number of carbonyl (C=O) groups is 1. The summed E-state index contributed by atoms with van der Waals surface area (Å²) in [5.74, 6) is -0.210. The van der Waals surface area contributed by atoms with Gasteiger partial charge < -0.3 is 4.74 Å². The number of hydrogen-bond donors (Lipinski definition) is 0. The van der Waals surface area contributed by atoms with E-state index in [1.54, 1.807) is 0 Å². The summed E-state index contributed by atoms with van der Waals surface area (Å²) in [6.45, 7) is 0.347. The predicted octanol–water partition coefficient (Wildman–Crippen LogP) is 3.98. The molecule has 2 aromatic carbocycles.